The molecule has 3 aromatic rings. The van der Waals surface area contributed by atoms with E-state index in [1.165, 1.54) is 27.8 Å². The summed E-state index contributed by atoms with van der Waals surface area (Å²) in [7, 11) is 0. The molecule has 0 aromatic heterocycles. The lowest BCUT2D eigenvalue weighted by Gasteiger charge is -2.25. The molecule has 1 amide bonds. The van der Waals surface area contributed by atoms with E-state index in [-0.39, 0.29) is 18.1 Å². The molecular weight excluding hydrogens is 382 g/mol. The predicted molar refractivity (Wildman–Crippen MR) is 125 cm³/mol. The van der Waals surface area contributed by atoms with Crippen LogP contribution in [0.4, 0.5) is 4.79 Å². The molecule has 0 radical (unpaired) electrons. The summed E-state index contributed by atoms with van der Waals surface area (Å²) >= 11 is 0. The Labute approximate surface area is 185 Å². The number of amides is 1. The van der Waals surface area contributed by atoms with Gasteiger partial charge in [0.05, 0.1) is 0 Å². The van der Waals surface area contributed by atoms with Crippen molar-refractivity contribution < 1.29 is 9.53 Å². The van der Waals surface area contributed by atoms with Gasteiger partial charge in [0.25, 0.3) is 0 Å². The zero-order valence-corrected chi connectivity index (χ0v) is 18.6. The van der Waals surface area contributed by atoms with Crippen LogP contribution in [0.5, 0.6) is 0 Å². The summed E-state index contributed by atoms with van der Waals surface area (Å²) in [5, 5.41) is 3.14. The normalized spacial score (nSPS) is 17.8. The first-order chi connectivity index (χ1) is 14.9. The Morgan fingerprint density at radius 3 is 2.19 bits per heavy atom. The summed E-state index contributed by atoms with van der Waals surface area (Å²) in [6.07, 6.45) is 2.33. The fourth-order valence-corrected chi connectivity index (χ4v) is 4.42. The lowest BCUT2D eigenvalue weighted by molar-refractivity contribution is 0.0499. The van der Waals surface area contributed by atoms with Gasteiger partial charge in [-0.2, -0.15) is 0 Å². The van der Waals surface area contributed by atoms with Gasteiger partial charge in [-0.3, -0.25) is 0 Å². The fraction of sp³-hybridized carbons (Fsp3) is 0.321. The van der Waals surface area contributed by atoms with Crippen LogP contribution < -0.4 is 5.32 Å². The van der Waals surface area contributed by atoms with E-state index < -0.39 is 5.60 Å². The minimum Gasteiger partial charge on any atom is -0.444 e. The Hall–Kier alpha value is -3.07. The number of rotatable bonds is 5. The van der Waals surface area contributed by atoms with Gasteiger partial charge >= 0.3 is 6.09 Å². The van der Waals surface area contributed by atoms with Crippen molar-refractivity contribution in [1.29, 1.82) is 0 Å². The van der Waals surface area contributed by atoms with Crippen molar-refractivity contribution in [2.45, 2.75) is 57.6 Å². The molecule has 31 heavy (non-hydrogen) atoms. The van der Waals surface area contributed by atoms with Gasteiger partial charge in [0.15, 0.2) is 0 Å². The second kappa shape index (κ2) is 8.97. The van der Waals surface area contributed by atoms with Gasteiger partial charge in [0.2, 0.25) is 0 Å². The van der Waals surface area contributed by atoms with Crippen molar-refractivity contribution >= 4 is 6.09 Å². The Kier molecular flexibility index (Phi) is 6.13. The topological polar surface area (TPSA) is 38.3 Å². The van der Waals surface area contributed by atoms with Gasteiger partial charge in [0, 0.05) is 12.0 Å². The summed E-state index contributed by atoms with van der Waals surface area (Å²) < 4.78 is 5.52. The number of benzene rings is 3. The zero-order valence-electron chi connectivity index (χ0n) is 18.6. The van der Waals surface area contributed by atoms with Crippen LogP contribution in [0.15, 0.2) is 78.9 Å². The second-order valence-electron chi connectivity index (χ2n) is 9.45. The van der Waals surface area contributed by atoms with Crippen molar-refractivity contribution in [3.05, 3.63) is 107 Å². The number of hydrogen-bond donors (Lipinski definition) is 1. The van der Waals surface area contributed by atoms with Crippen LogP contribution in [0, 0.1) is 0 Å². The van der Waals surface area contributed by atoms with Gasteiger partial charge in [-0.15, -0.1) is 0 Å². The second-order valence-corrected chi connectivity index (χ2v) is 9.45. The zero-order chi connectivity index (χ0) is 21.8. The quantitative estimate of drug-likeness (QED) is 0.553. The Morgan fingerprint density at radius 1 is 0.871 bits per heavy atom. The maximum absolute atomic E-state index is 12.4. The Morgan fingerprint density at radius 2 is 1.48 bits per heavy atom. The highest BCUT2D eigenvalue weighted by molar-refractivity contribution is 5.68. The number of alkyl carbamates (subject to hydrolysis) is 1. The number of nitrogens with one attached hydrogen (secondary N) is 1. The summed E-state index contributed by atoms with van der Waals surface area (Å²) in [5.74, 6) is 0.240. The first kappa shape index (κ1) is 21.2. The van der Waals surface area contributed by atoms with Gasteiger partial charge in [-0.25, -0.2) is 4.79 Å². The molecule has 1 aliphatic rings. The molecule has 3 heteroatoms. The number of carbonyl (C=O) groups is 1. The first-order valence-electron chi connectivity index (χ1n) is 11.1. The summed E-state index contributed by atoms with van der Waals surface area (Å²) in [4.78, 5) is 12.4. The number of hydrogen-bond acceptors (Lipinski definition) is 2. The third-order valence-corrected chi connectivity index (χ3v) is 5.81. The van der Waals surface area contributed by atoms with E-state index in [9.17, 15) is 4.79 Å². The van der Waals surface area contributed by atoms with Crippen molar-refractivity contribution in [2.24, 2.45) is 0 Å². The highest BCUT2D eigenvalue weighted by Gasteiger charge is 2.34. The SMILES string of the molecule is CC(C)(C)OC(=O)N[C@@H]1Cc2ccccc2[C@H]1Cc1ccc(Cc2ccccc2)cc1. The molecular formula is C28H31NO2. The van der Waals surface area contributed by atoms with Gasteiger partial charge in [-0.05, 0) is 67.9 Å². The lowest BCUT2D eigenvalue weighted by Crippen LogP contribution is -2.41. The number of fused-ring (bicyclic) bond motifs is 1. The van der Waals surface area contributed by atoms with Crippen molar-refractivity contribution in [3.63, 3.8) is 0 Å². The van der Waals surface area contributed by atoms with E-state index in [2.05, 4.69) is 78.1 Å². The van der Waals surface area contributed by atoms with Crippen LogP contribution in [-0.4, -0.2) is 17.7 Å². The minimum atomic E-state index is -0.500. The molecule has 1 N–H and O–H groups in total. The van der Waals surface area contributed by atoms with E-state index in [1.807, 2.05) is 26.8 Å². The fourth-order valence-electron chi connectivity index (χ4n) is 4.42. The molecule has 1 aliphatic carbocycles. The van der Waals surface area contributed by atoms with Crippen LogP contribution in [0.3, 0.4) is 0 Å². The summed E-state index contributed by atoms with van der Waals surface area (Å²) in [5.41, 5.74) is 6.06. The standard InChI is InChI=1S/C28H31NO2/c1-28(2,3)31-27(30)29-26-19-23-11-7-8-12-24(23)25(26)18-22-15-13-21(14-16-22)17-20-9-5-4-6-10-20/h4-16,25-26H,17-19H2,1-3H3,(H,29,30)/t25-,26-/m1/s1. The molecule has 0 spiro atoms. The average Bonchev–Trinajstić information content (AvgIpc) is 3.06. The molecule has 0 bridgehead atoms. The van der Waals surface area contributed by atoms with Gasteiger partial charge in [0.1, 0.15) is 5.60 Å². The van der Waals surface area contributed by atoms with Crippen LogP contribution in [0.1, 0.15) is 54.5 Å². The molecule has 3 nitrogen and oxygen atoms in total. The largest absolute Gasteiger partial charge is 0.444 e. The molecule has 0 unspecified atom stereocenters. The predicted octanol–water partition coefficient (Wildman–Crippen LogP) is 6.05. The molecule has 3 aromatic carbocycles. The third-order valence-electron chi connectivity index (χ3n) is 5.81. The van der Waals surface area contributed by atoms with Crippen LogP contribution in [0.25, 0.3) is 0 Å². The molecule has 160 valence electrons. The average molecular weight is 414 g/mol. The third kappa shape index (κ3) is 5.55. The maximum atomic E-state index is 12.4. The van der Waals surface area contributed by atoms with Gasteiger partial charge in [-0.1, -0.05) is 78.9 Å². The van der Waals surface area contributed by atoms with Crippen LogP contribution in [-0.2, 0) is 24.0 Å². The van der Waals surface area contributed by atoms with E-state index in [1.54, 1.807) is 0 Å². The van der Waals surface area contributed by atoms with Crippen LogP contribution >= 0.6 is 0 Å². The highest BCUT2D eigenvalue weighted by atomic mass is 16.6. The smallest absolute Gasteiger partial charge is 0.407 e. The number of carbonyl (C=O) groups excluding carboxylic acids is 1. The van der Waals surface area contributed by atoms with Gasteiger partial charge < -0.3 is 10.1 Å². The Bertz CT molecular complexity index is 1020. The molecule has 0 fully saturated rings. The lowest BCUT2D eigenvalue weighted by atomic mass is 9.90. The van der Waals surface area contributed by atoms with E-state index in [0.717, 1.165) is 19.3 Å². The highest BCUT2D eigenvalue weighted by Crippen LogP contribution is 2.36. The van der Waals surface area contributed by atoms with Crippen molar-refractivity contribution in [3.8, 4) is 0 Å². The summed E-state index contributed by atoms with van der Waals surface area (Å²) in [6, 6.07) is 28.0. The molecule has 4 rings (SSSR count). The van der Waals surface area contributed by atoms with E-state index in [0.29, 0.717) is 0 Å². The molecule has 0 heterocycles. The van der Waals surface area contributed by atoms with E-state index in [4.69, 9.17) is 4.74 Å². The summed E-state index contributed by atoms with van der Waals surface area (Å²) in [6.45, 7) is 5.68. The first-order valence-corrected chi connectivity index (χ1v) is 11.1. The number of ether oxygens (including phenoxy) is 1. The molecule has 0 saturated carbocycles. The van der Waals surface area contributed by atoms with Crippen LogP contribution in [0.2, 0.25) is 0 Å². The van der Waals surface area contributed by atoms with Crippen molar-refractivity contribution in [2.75, 3.05) is 0 Å². The maximum Gasteiger partial charge on any atom is 0.407 e. The molecule has 0 saturated heterocycles. The Balaban J connectivity index is 1.48. The monoisotopic (exact) mass is 413 g/mol. The minimum absolute atomic E-state index is 0.0382. The molecule has 0 aliphatic heterocycles. The van der Waals surface area contributed by atoms with Crippen molar-refractivity contribution in [1.82, 2.24) is 5.32 Å². The van der Waals surface area contributed by atoms with E-state index >= 15 is 0 Å². The molecule has 2 atom stereocenters.